The van der Waals surface area contributed by atoms with Gasteiger partial charge in [-0.2, -0.15) is 0 Å². The van der Waals surface area contributed by atoms with Crippen LogP contribution in [-0.4, -0.2) is 17.4 Å². The third-order valence-electron chi connectivity index (χ3n) is 2.76. The number of aldehydes is 1. The van der Waals surface area contributed by atoms with Crippen molar-refractivity contribution in [2.75, 3.05) is 11.9 Å². The zero-order valence-corrected chi connectivity index (χ0v) is 7.66. The largest absolute Gasteiger partial charge is 0.369 e. The molecule has 0 unspecified atom stereocenters. The maximum atomic E-state index is 11.0. The minimum absolute atomic E-state index is 0.790. The first kappa shape index (κ1) is 7.62. The van der Waals surface area contributed by atoms with E-state index in [-0.39, 0.29) is 0 Å². The number of nitrogens with zero attached hydrogens (tertiary/aromatic N) is 1. The molecular weight excluding hydrogens is 176 g/mol. The fraction of sp³-hybridized carbons (Fsp3) is 0.182. The molecular formula is C11H10N2O. The molecule has 0 saturated carbocycles. The van der Waals surface area contributed by atoms with E-state index in [1.54, 1.807) is 0 Å². The smallest absolute Gasteiger partial charge is 0.154 e. The normalized spacial score (nSPS) is 14.0. The van der Waals surface area contributed by atoms with Crippen LogP contribution in [0.15, 0.2) is 24.3 Å². The van der Waals surface area contributed by atoms with Gasteiger partial charge >= 0.3 is 0 Å². The number of fused-ring (bicyclic) bond motifs is 3. The minimum atomic E-state index is 0.790. The molecule has 1 aromatic heterocycles. The van der Waals surface area contributed by atoms with Crippen LogP contribution in [0.25, 0.3) is 10.9 Å². The van der Waals surface area contributed by atoms with Crippen molar-refractivity contribution in [3.05, 3.63) is 29.8 Å². The van der Waals surface area contributed by atoms with E-state index in [1.807, 2.05) is 18.2 Å². The molecule has 1 aromatic carbocycles. The summed E-state index contributed by atoms with van der Waals surface area (Å²) >= 11 is 0. The second-order valence-electron chi connectivity index (χ2n) is 3.48. The highest BCUT2D eigenvalue weighted by Gasteiger charge is 2.19. The first-order valence-electron chi connectivity index (χ1n) is 4.72. The van der Waals surface area contributed by atoms with Crippen LogP contribution >= 0.6 is 0 Å². The van der Waals surface area contributed by atoms with E-state index in [0.29, 0.717) is 0 Å². The van der Waals surface area contributed by atoms with Crippen molar-refractivity contribution in [1.29, 1.82) is 0 Å². The second kappa shape index (κ2) is 2.61. The lowest BCUT2D eigenvalue weighted by atomic mass is 10.2. The molecule has 0 fully saturated rings. The highest BCUT2D eigenvalue weighted by molar-refractivity contribution is 6.04. The molecule has 14 heavy (non-hydrogen) atoms. The molecule has 2 heterocycles. The predicted octanol–water partition coefficient (Wildman–Crippen LogP) is 1.88. The second-order valence-corrected chi connectivity index (χ2v) is 3.48. The first-order valence-corrected chi connectivity index (χ1v) is 4.72. The molecule has 3 rings (SSSR count). The zero-order chi connectivity index (χ0) is 9.54. The van der Waals surface area contributed by atoms with Crippen LogP contribution in [0.3, 0.4) is 0 Å². The number of carbonyl (C=O) groups is 1. The number of anilines is 1. The average molecular weight is 186 g/mol. The topological polar surface area (TPSA) is 34.0 Å². The summed E-state index contributed by atoms with van der Waals surface area (Å²) in [6.45, 7) is 1.87. The summed E-state index contributed by atoms with van der Waals surface area (Å²) in [4.78, 5) is 11.0. The lowest BCUT2D eigenvalue weighted by Gasteiger charge is -1.96. The van der Waals surface area contributed by atoms with Gasteiger partial charge in [0, 0.05) is 18.5 Å². The van der Waals surface area contributed by atoms with Gasteiger partial charge in [0.25, 0.3) is 0 Å². The Balaban J connectivity index is 2.48. The number of nitrogens with one attached hydrogen (secondary N) is 1. The van der Waals surface area contributed by atoms with Crippen molar-refractivity contribution in [2.45, 2.75) is 6.54 Å². The van der Waals surface area contributed by atoms with Crippen molar-refractivity contribution >= 4 is 23.0 Å². The Hall–Kier alpha value is -1.77. The lowest BCUT2D eigenvalue weighted by molar-refractivity contribution is 0.112. The average Bonchev–Trinajstić information content (AvgIpc) is 2.77. The van der Waals surface area contributed by atoms with Crippen LogP contribution in [0.1, 0.15) is 10.4 Å². The van der Waals surface area contributed by atoms with Crippen LogP contribution < -0.4 is 5.32 Å². The molecule has 70 valence electrons. The Morgan fingerprint density at radius 2 is 2.21 bits per heavy atom. The number of aromatic nitrogens is 1. The number of hydrogen-bond donors (Lipinski definition) is 1. The molecule has 0 radical (unpaired) electrons. The Morgan fingerprint density at radius 1 is 1.36 bits per heavy atom. The molecule has 0 bridgehead atoms. The molecule has 0 aliphatic carbocycles. The van der Waals surface area contributed by atoms with E-state index < -0.39 is 0 Å². The molecule has 1 aliphatic rings. The summed E-state index contributed by atoms with van der Waals surface area (Å²) in [7, 11) is 0. The fourth-order valence-electron chi connectivity index (χ4n) is 2.16. The number of para-hydroxylation sites is 1. The van der Waals surface area contributed by atoms with E-state index in [0.717, 1.165) is 41.7 Å². The van der Waals surface area contributed by atoms with E-state index >= 15 is 0 Å². The van der Waals surface area contributed by atoms with E-state index in [2.05, 4.69) is 16.0 Å². The summed E-state index contributed by atoms with van der Waals surface area (Å²) in [5, 5.41) is 4.29. The quantitative estimate of drug-likeness (QED) is 0.690. The maximum absolute atomic E-state index is 11.0. The molecule has 0 saturated heterocycles. The fourth-order valence-corrected chi connectivity index (χ4v) is 2.16. The molecule has 3 nitrogen and oxygen atoms in total. The van der Waals surface area contributed by atoms with Crippen LogP contribution in [-0.2, 0) is 6.54 Å². The SMILES string of the molecule is O=Cc1c2n(c3ccccc13)CCN2. The van der Waals surface area contributed by atoms with Gasteiger partial charge < -0.3 is 9.88 Å². The predicted molar refractivity (Wildman–Crippen MR) is 55.8 cm³/mol. The van der Waals surface area contributed by atoms with Crippen molar-refractivity contribution in [3.63, 3.8) is 0 Å². The first-order chi connectivity index (χ1) is 6.92. The van der Waals surface area contributed by atoms with Gasteiger partial charge in [0.05, 0.1) is 11.1 Å². The van der Waals surface area contributed by atoms with E-state index in [9.17, 15) is 4.79 Å². The van der Waals surface area contributed by atoms with Crippen LogP contribution in [0.2, 0.25) is 0 Å². The third kappa shape index (κ3) is 0.789. The molecule has 0 spiro atoms. The van der Waals surface area contributed by atoms with Gasteiger partial charge in [0.15, 0.2) is 6.29 Å². The van der Waals surface area contributed by atoms with Gasteiger partial charge in [-0.1, -0.05) is 18.2 Å². The van der Waals surface area contributed by atoms with Gasteiger partial charge in [0.2, 0.25) is 0 Å². The van der Waals surface area contributed by atoms with E-state index in [4.69, 9.17) is 0 Å². The highest BCUT2D eigenvalue weighted by atomic mass is 16.1. The Labute approximate surface area is 81.3 Å². The van der Waals surface area contributed by atoms with Gasteiger partial charge in [-0.25, -0.2) is 0 Å². The van der Waals surface area contributed by atoms with Gasteiger partial charge in [-0.15, -0.1) is 0 Å². The zero-order valence-electron chi connectivity index (χ0n) is 7.66. The molecule has 1 aliphatic heterocycles. The van der Waals surface area contributed by atoms with Crippen LogP contribution in [0.5, 0.6) is 0 Å². The summed E-state index contributed by atoms with van der Waals surface area (Å²) in [6.07, 6.45) is 0.937. The summed E-state index contributed by atoms with van der Waals surface area (Å²) in [6, 6.07) is 8.01. The van der Waals surface area contributed by atoms with Crippen LogP contribution in [0.4, 0.5) is 5.82 Å². The number of hydrogen-bond acceptors (Lipinski definition) is 2. The van der Waals surface area contributed by atoms with Crippen molar-refractivity contribution in [3.8, 4) is 0 Å². The monoisotopic (exact) mass is 186 g/mol. The lowest BCUT2D eigenvalue weighted by Crippen LogP contribution is -1.95. The Kier molecular flexibility index (Phi) is 1.42. The van der Waals surface area contributed by atoms with Crippen molar-refractivity contribution in [1.82, 2.24) is 4.57 Å². The van der Waals surface area contributed by atoms with Crippen LogP contribution in [0, 0.1) is 0 Å². The standard InChI is InChI=1S/C11H10N2O/c14-7-9-8-3-1-2-4-10(8)13-6-5-12-11(9)13/h1-4,7,12H,5-6H2. The van der Waals surface area contributed by atoms with Gasteiger partial charge in [0.1, 0.15) is 5.82 Å². The van der Waals surface area contributed by atoms with Gasteiger partial charge in [-0.3, -0.25) is 4.79 Å². The highest BCUT2D eigenvalue weighted by Crippen LogP contribution is 2.31. The molecule has 0 amide bonds. The van der Waals surface area contributed by atoms with Gasteiger partial charge in [-0.05, 0) is 6.07 Å². The summed E-state index contributed by atoms with van der Waals surface area (Å²) in [5.74, 6) is 0.973. The molecule has 0 atom stereocenters. The number of rotatable bonds is 1. The number of benzene rings is 1. The number of carbonyl (C=O) groups excluding carboxylic acids is 1. The summed E-state index contributed by atoms with van der Waals surface area (Å²) < 4.78 is 2.17. The molecule has 2 aromatic rings. The summed E-state index contributed by atoms with van der Waals surface area (Å²) in [5.41, 5.74) is 1.94. The van der Waals surface area contributed by atoms with Crippen molar-refractivity contribution in [2.24, 2.45) is 0 Å². The third-order valence-corrected chi connectivity index (χ3v) is 2.76. The Bertz CT molecular complexity index is 513. The van der Waals surface area contributed by atoms with Crippen molar-refractivity contribution < 1.29 is 4.79 Å². The minimum Gasteiger partial charge on any atom is -0.369 e. The molecule has 3 heteroatoms. The molecule has 1 N–H and O–H groups in total. The van der Waals surface area contributed by atoms with E-state index in [1.165, 1.54) is 0 Å². The maximum Gasteiger partial charge on any atom is 0.154 e. The Morgan fingerprint density at radius 3 is 3.07 bits per heavy atom.